The minimum atomic E-state index is -1.06. The third-order valence-electron chi connectivity index (χ3n) is 8.75. The van der Waals surface area contributed by atoms with Crippen LogP contribution in [0, 0.1) is 5.92 Å². The molecule has 0 radical (unpaired) electrons. The number of fused-ring (bicyclic) bond motifs is 2. The number of hydrogen-bond donors (Lipinski definition) is 2. The van der Waals surface area contributed by atoms with Gasteiger partial charge in [-0.1, -0.05) is 0 Å². The maximum absolute atomic E-state index is 15.2. The van der Waals surface area contributed by atoms with E-state index in [1.807, 2.05) is 12.3 Å². The first-order valence-corrected chi connectivity index (χ1v) is 13.5. The lowest BCUT2D eigenvalue weighted by molar-refractivity contribution is 0.0657. The molecule has 0 bridgehead atoms. The minimum Gasteiger partial charge on any atom is -0.501 e. The number of aryl methyl sites for hydroxylation is 1. The number of dihydropyridines is 1. The Labute approximate surface area is 212 Å². The molecule has 0 amide bonds. The zero-order chi connectivity index (χ0) is 24.9. The lowest BCUT2D eigenvalue weighted by Crippen LogP contribution is -2.59. The number of aromatic nitrogens is 2. The fourth-order valence-electron chi connectivity index (χ4n) is 6.61. The maximum Gasteiger partial charge on any atom is 0.124 e. The van der Waals surface area contributed by atoms with E-state index in [0.29, 0.717) is 38.4 Å². The number of aromatic amines is 1. The van der Waals surface area contributed by atoms with Crippen molar-refractivity contribution in [3.63, 3.8) is 0 Å². The predicted molar refractivity (Wildman–Crippen MR) is 136 cm³/mol. The van der Waals surface area contributed by atoms with Gasteiger partial charge in [0, 0.05) is 55.6 Å². The highest BCUT2D eigenvalue weighted by molar-refractivity contribution is 5.94. The van der Waals surface area contributed by atoms with Crippen LogP contribution in [0.4, 0.5) is 8.78 Å². The molecule has 4 heterocycles. The molecule has 5 aliphatic rings. The number of aliphatic imine (C=N–C) groups is 1. The molecule has 2 fully saturated rings. The lowest BCUT2D eigenvalue weighted by Gasteiger charge is -2.48. The number of halogens is 2. The molecular weight excluding hydrogens is 462 g/mol. The Kier molecular flexibility index (Phi) is 6.40. The Morgan fingerprint density at radius 3 is 2.86 bits per heavy atom. The second kappa shape index (κ2) is 9.56. The summed E-state index contributed by atoms with van der Waals surface area (Å²) in [6.45, 7) is 5.70. The van der Waals surface area contributed by atoms with Gasteiger partial charge < -0.3 is 10.1 Å². The molecule has 0 aromatic carbocycles. The molecule has 196 valence electrons. The molecule has 36 heavy (non-hydrogen) atoms. The molecule has 9 heteroatoms. The van der Waals surface area contributed by atoms with Crippen molar-refractivity contribution >= 4 is 11.4 Å². The van der Waals surface area contributed by atoms with Gasteiger partial charge in [0.2, 0.25) is 0 Å². The molecule has 3 atom stereocenters. The van der Waals surface area contributed by atoms with Crippen molar-refractivity contribution in [2.75, 3.05) is 46.5 Å². The number of amidine groups is 1. The van der Waals surface area contributed by atoms with Crippen LogP contribution in [0.15, 0.2) is 28.6 Å². The highest BCUT2D eigenvalue weighted by Crippen LogP contribution is 2.48. The summed E-state index contributed by atoms with van der Waals surface area (Å²) in [4.78, 5) is 9.62. The molecule has 2 aliphatic carbocycles. The Hall–Kier alpha value is -2.26. The van der Waals surface area contributed by atoms with E-state index < -0.39 is 5.67 Å². The van der Waals surface area contributed by atoms with Gasteiger partial charge in [-0.15, -0.1) is 0 Å². The number of H-pyrrole nitrogens is 1. The van der Waals surface area contributed by atoms with Crippen molar-refractivity contribution in [1.29, 1.82) is 0 Å². The summed E-state index contributed by atoms with van der Waals surface area (Å²) in [7, 11) is 1.74. The van der Waals surface area contributed by atoms with E-state index in [2.05, 4.69) is 32.2 Å². The van der Waals surface area contributed by atoms with Crippen LogP contribution >= 0.6 is 0 Å². The van der Waals surface area contributed by atoms with Crippen LogP contribution in [0.3, 0.4) is 0 Å². The number of rotatable bonds is 8. The van der Waals surface area contributed by atoms with Gasteiger partial charge in [-0.2, -0.15) is 5.10 Å². The second-order valence-electron chi connectivity index (χ2n) is 11.3. The van der Waals surface area contributed by atoms with Gasteiger partial charge in [0.1, 0.15) is 17.3 Å². The van der Waals surface area contributed by atoms with E-state index in [1.165, 1.54) is 22.4 Å². The van der Waals surface area contributed by atoms with Crippen LogP contribution in [-0.2, 0) is 11.2 Å². The van der Waals surface area contributed by atoms with E-state index in [0.717, 1.165) is 50.5 Å². The smallest absolute Gasteiger partial charge is 0.124 e. The molecule has 3 aliphatic heterocycles. The number of ether oxygens (including phenoxy) is 1. The zero-order valence-electron chi connectivity index (χ0n) is 21.4. The lowest BCUT2D eigenvalue weighted by atomic mass is 9.74. The monoisotopic (exact) mass is 500 g/mol. The highest BCUT2D eigenvalue weighted by atomic mass is 19.1. The summed E-state index contributed by atoms with van der Waals surface area (Å²) in [5.41, 5.74) is 4.19. The van der Waals surface area contributed by atoms with Crippen molar-refractivity contribution in [2.24, 2.45) is 10.9 Å². The second-order valence-corrected chi connectivity index (χ2v) is 11.3. The van der Waals surface area contributed by atoms with Crippen molar-refractivity contribution in [1.82, 2.24) is 25.3 Å². The Balaban J connectivity index is 1.25. The summed E-state index contributed by atoms with van der Waals surface area (Å²) < 4.78 is 33.6. The fraction of sp³-hybridized carbons (Fsp3) is 0.704. The number of nitrogens with zero attached hydrogens (tertiary/aromatic N) is 4. The SMILES string of the molecule is COC1=CC(NC2CN(CCCF)C2)=NCC1[C@@H]1C2=C(C[C@@H](C)N1CC1(F)CC1)c1cn[nH]c1CC2. The molecular formula is C27H38F2N6O. The summed E-state index contributed by atoms with van der Waals surface area (Å²) >= 11 is 0. The van der Waals surface area contributed by atoms with E-state index in [9.17, 15) is 4.39 Å². The normalized spacial score (nSPS) is 30.2. The van der Waals surface area contributed by atoms with Crippen LogP contribution in [0.2, 0.25) is 0 Å². The largest absolute Gasteiger partial charge is 0.501 e. The maximum atomic E-state index is 15.2. The third kappa shape index (κ3) is 4.49. The van der Waals surface area contributed by atoms with Crippen LogP contribution in [0.1, 0.15) is 50.3 Å². The molecule has 0 spiro atoms. The van der Waals surface area contributed by atoms with E-state index in [1.54, 1.807) is 7.11 Å². The van der Waals surface area contributed by atoms with E-state index in [4.69, 9.17) is 9.73 Å². The Bertz CT molecular complexity index is 1070. The first-order chi connectivity index (χ1) is 17.5. The standard InChI is InChI=1S/C27H38F2N6O/c1-17-10-20-19(4-5-23-21(20)13-31-33-23)26(35(17)16-27(29)6-7-27)22-12-30-25(11-24(22)36-2)32-18-14-34(15-18)9-3-8-28/h11,13,17-18,22,26H,3-10,12,14-16H2,1-2H3,(H,30,32)(H,31,33)/t17-,22?,26+/m1/s1. The van der Waals surface area contributed by atoms with Gasteiger partial charge in [0.05, 0.1) is 38.5 Å². The number of methoxy groups -OCH3 is 1. The predicted octanol–water partition coefficient (Wildman–Crippen LogP) is 3.27. The molecule has 2 N–H and O–H groups in total. The third-order valence-corrected chi connectivity index (χ3v) is 8.75. The zero-order valence-corrected chi connectivity index (χ0v) is 21.4. The van der Waals surface area contributed by atoms with E-state index in [-0.39, 0.29) is 24.7 Å². The first kappa shape index (κ1) is 24.1. The Morgan fingerprint density at radius 2 is 2.11 bits per heavy atom. The van der Waals surface area contributed by atoms with Gasteiger partial charge in [-0.05, 0) is 56.6 Å². The summed E-state index contributed by atoms with van der Waals surface area (Å²) in [5, 5.41) is 11.1. The highest BCUT2D eigenvalue weighted by Gasteiger charge is 2.50. The molecule has 1 saturated heterocycles. The van der Waals surface area contributed by atoms with Gasteiger partial charge >= 0.3 is 0 Å². The number of likely N-dealkylation sites (tertiary alicyclic amines) is 1. The quantitative estimate of drug-likeness (QED) is 0.574. The van der Waals surface area contributed by atoms with Gasteiger partial charge in [-0.3, -0.25) is 24.3 Å². The number of hydrogen-bond acceptors (Lipinski definition) is 6. The van der Waals surface area contributed by atoms with Crippen molar-refractivity contribution < 1.29 is 13.5 Å². The molecule has 1 unspecified atom stereocenters. The van der Waals surface area contributed by atoms with Crippen molar-refractivity contribution in [3.05, 3.63) is 34.9 Å². The van der Waals surface area contributed by atoms with E-state index >= 15 is 4.39 Å². The molecule has 1 saturated carbocycles. The first-order valence-electron chi connectivity index (χ1n) is 13.5. The molecule has 1 aromatic rings. The molecule has 7 nitrogen and oxygen atoms in total. The minimum absolute atomic E-state index is 0.0477. The van der Waals surface area contributed by atoms with Crippen LogP contribution in [0.25, 0.3) is 5.57 Å². The van der Waals surface area contributed by atoms with Crippen molar-refractivity contribution in [3.8, 4) is 0 Å². The van der Waals surface area contributed by atoms with Crippen LogP contribution in [0.5, 0.6) is 0 Å². The summed E-state index contributed by atoms with van der Waals surface area (Å²) in [6, 6.07) is 0.625. The molecule has 1 aromatic heterocycles. The average molecular weight is 501 g/mol. The topological polar surface area (TPSA) is 68.8 Å². The van der Waals surface area contributed by atoms with Gasteiger partial charge in [0.25, 0.3) is 0 Å². The number of nitrogens with one attached hydrogen (secondary N) is 2. The van der Waals surface area contributed by atoms with Crippen LogP contribution in [-0.4, -0.2) is 96.1 Å². The summed E-state index contributed by atoms with van der Waals surface area (Å²) in [6.07, 6.45) is 8.74. The van der Waals surface area contributed by atoms with Crippen LogP contribution < -0.4 is 5.32 Å². The van der Waals surface area contributed by atoms with Crippen molar-refractivity contribution in [2.45, 2.75) is 69.2 Å². The Morgan fingerprint density at radius 1 is 1.28 bits per heavy atom. The fourth-order valence-corrected chi connectivity index (χ4v) is 6.61. The van der Waals surface area contributed by atoms with Gasteiger partial charge in [-0.25, -0.2) is 4.39 Å². The molecule has 6 rings (SSSR count). The number of alkyl halides is 2. The average Bonchev–Trinajstić information content (AvgIpc) is 3.37. The van der Waals surface area contributed by atoms with Gasteiger partial charge in [0.15, 0.2) is 0 Å². The summed E-state index contributed by atoms with van der Waals surface area (Å²) in [5.74, 6) is 1.82.